The van der Waals surface area contributed by atoms with Gasteiger partial charge in [0.2, 0.25) is 0 Å². The van der Waals surface area contributed by atoms with Crippen molar-refractivity contribution >= 4 is 16.8 Å². The van der Waals surface area contributed by atoms with Gasteiger partial charge in [0.1, 0.15) is 11.9 Å². The second-order valence-electron chi connectivity index (χ2n) is 4.08. The van der Waals surface area contributed by atoms with Gasteiger partial charge in [-0.3, -0.25) is 4.79 Å². The van der Waals surface area contributed by atoms with Crippen LogP contribution < -0.4 is 0 Å². The number of hydrogen-bond acceptors (Lipinski definition) is 3. The van der Waals surface area contributed by atoms with Gasteiger partial charge in [0, 0.05) is 6.54 Å². The zero-order valence-corrected chi connectivity index (χ0v) is 10.1. The standard InChI is InChI=1S/C13H16N2O2/c1-3-15-11-7-5-4-6-10(11)14-13(15)8-12(17)9(2)16/h4-7,9,16H,3,8H2,1-2H3. The fourth-order valence-corrected chi connectivity index (χ4v) is 1.92. The predicted molar refractivity (Wildman–Crippen MR) is 65.8 cm³/mol. The molecule has 0 bridgehead atoms. The highest BCUT2D eigenvalue weighted by atomic mass is 16.3. The molecule has 1 N–H and O–H groups in total. The Labute approximate surface area is 99.9 Å². The molecule has 0 saturated heterocycles. The molecule has 1 atom stereocenters. The number of fused-ring (bicyclic) bond motifs is 1. The number of aliphatic hydroxyl groups is 1. The van der Waals surface area contributed by atoms with Crippen LogP contribution in [-0.2, 0) is 17.8 Å². The molecule has 2 aromatic rings. The number of aryl methyl sites for hydroxylation is 1. The summed E-state index contributed by atoms with van der Waals surface area (Å²) >= 11 is 0. The van der Waals surface area contributed by atoms with Crippen molar-refractivity contribution in [3.63, 3.8) is 0 Å². The van der Waals surface area contributed by atoms with Gasteiger partial charge in [-0.2, -0.15) is 0 Å². The Balaban J connectivity index is 2.43. The Kier molecular flexibility index (Phi) is 3.24. The molecule has 0 fully saturated rings. The molecule has 1 unspecified atom stereocenters. The monoisotopic (exact) mass is 232 g/mol. The van der Waals surface area contributed by atoms with Gasteiger partial charge in [-0.15, -0.1) is 0 Å². The fourth-order valence-electron chi connectivity index (χ4n) is 1.92. The first kappa shape index (κ1) is 11.8. The van der Waals surface area contributed by atoms with Gasteiger partial charge < -0.3 is 9.67 Å². The molecule has 0 aliphatic rings. The molecule has 1 aromatic heterocycles. The lowest BCUT2D eigenvalue weighted by Gasteiger charge is -2.06. The summed E-state index contributed by atoms with van der Waals surface area (Å²) in [7, 11) is 0. The number of para-hydroxylation sites is 2. The van der Waals surface area contributed by atoms with E-state index < -0.39 is 6.10 Å². The number of benzene rings is 1. The van der Waals surface area contributed by atoms with Crippen molar-refractivity contribution < 1.29 is 9.90 Å². The third-order valence-electron chi connectivity index (χ3n) is 2.85. The average Bonchev–Trinajstić information content (AvgIpc) is 2.65. The van der Waals surface area contributed by atoms with Gasteiger partial charge in [0.05, 0.1) is 17.5 Å². The molecule has 90 valence electrons. The summed E-state index contributed by atoms with van der Waals surface area (Å²) in [5, 5.41) is 9.23. The van der Waals surface area contributed by atoms with Crippen molar-refractivity contribution in [2.75, 3.05) is 0 Å². The quantitative estimate of drug-likeness (QED) is 0.870. The molecule has 17 heavy (non-hydrogen) atoms. The molecule has 0 amide bonds. The summed E-state index contributed by atoms with van der Waals surface area (Å²) in [4.78, 5) is 16.0. The van der Waals surface area contributed by atoms with E-state index in [2.05, 4.69) is 4.98 Å². The van der Waals surface area contributed by atoms with Crippen molar-refractivity contribution in [1.82, 2.24) is 9.55 Å². The first-order valence-electron chi connectivity index (χ1n) is 5.78. The Bertz CT molecular complexity index is 543. The van der Waals surface area contributed by atoms with Crippen molar-refractivity contribution in [3.8, 4) is 0 Å². The minimum atomic E-state index is -0.930. The lowest BCUT2D eigenvalue weighted by molar-refractivity contribution is -0.125. The van der Waals surface area contributed by atoms with Gasteiger partial charge >= 0.3 is 0 Å². The molecule has 4 nitrogen and oxygen atoms in total. The van der Waals surface area contributed by atoms with Gasteiger partial charge in [0.25, 0.3) is 0 Å². The first-order chi connectivity index (χ1) is 8.13. The van der Waals surface area contributed by atoms with Crippen LogP contribution >= 0.6 is 0 Å². The van der Waals surface area contributed by atoms with E-state index in [0.717, 1.165) is 23.4 Å². The van der Waals surface area contributed by atoms with Gasteiger partial charge in [-0.05, 0) is 26.0 Å². The summed E-state index contributed by atoms with van der Waals surface area (Å²) in [6.45, 7) is 4.27. The second kappa shape index (κ2) is 4.67. The van der Waals surface area contributed by atoms with Crippen molar-refractivity contribution in [2.24, 2.45) is 0 Å². The van der Waals surface area contributed by atoms with E-state index in [4.69, 9.17) is 0 Å². The van der Waals surface area contributed by atoms with Gasteiger partial charge in [0.15, 0.2) is 5.78 Å². The number of aromatic nitrogens is 2. The van der Waals surface area contributed by atoms with E-state index in [1.54, 1.807) is 0 Å². The molecular formula is C13H16N2O2. The van der Waals surface area contributed by atoms with E-state index in [-0.39, 0.29) is 12.2 Å². The summed E-state index contributed by atoms with van der Waals surface area (Å²) in [5.41, 5.74) is 1.92. The Hall–Kier alpha value is -1.68. The van der Waals surface area contributed by atoms with Crippen molar-refractivity contribution in [3.05, 3.63) is 30.1 Å². The number of imidazole rings is 1. The average molecular weight is 232 g/mol. The maximum absolute atomic E-state index is 11.6. The van der Waals surface area contributed by atoms with Crippen LogP contribution in [-0.4, -0.2) is 26.5 Å². The van der Waals surface area contributed by atoms with Crippen LogP contribution in [0.2, 0.25) is 0 Å². The van der Waals surface area contributed by atoms with Gasteiger partial charge in [-0.25, -0.2) is 4.98 Å². The molecule has 0 radical (unpaired) electrons. The molecular weight excluding hydrogens is 216 g/mol. The van der Waals surface area contributed by atoms with Crippen LogP contribution in [0, 0.1) is 0 Å². The number of Topliss-reactive ketones (excluding diaryl/α,β-unsaturated/α-hetero) is 1. The van der Waals surface area contributed by atoms with E-state index >= 15 is 0 Å². The molecule has 1 aromatic carbocycles. The number of aliphatic hydroxyl groups excluding tert-OH is 1. The number of carbonyl (C=O) groups excluding carboxylic acids is 1. The number of carbonyl (C=O) groups is 1. The Morgan fingerprint density at radius 1 is 1.47 bits per heavy atom. The maximum Gasteiger partial charge on any atom is 0.168 e. The highest BCUT2D eigenvalue weighted by Crippen LogP contribution is 2.16. The topological polar surface area (TPSA) is 55.1 Å². The predicted octanol–water partition coefficient (Wildman–Crippen LogP) is 1.55. The lowest BCUT2D eigenvalue weighted by atomic mass is 10.2. The Morgan fingerprint density at radius 3 is 2.82 bits per heavy atom. The van der Waals surface area contributed by atoms with Crippen molar-refractivity contribution in [1.29, 1.82) is 0 Å². The summed E-state index contributed by atoms with van der Waals surface area (Å²) in [6, 6.07) is 7.80. The van der Waals surface area contributed by atoms with Crippen LogP contribution in [0.3, 0.4) is 0 Å². The second-order valence-corrected chi connectivity index (χ2v) is 4.08. The third-order valence-corrected chi connectivity index (χ3v) is 2.85. The van der Waals surface area contributed by atoms with Gasteiger partial charge in [-0.1, -0.05) is 12.1 Å². The highest BCUT2D eigenvalue weighted by molar-refractivity contribution is 5.85. The zero-order valence-electron chi connectivity index (χ0n) is 10.1. The van der Waals surface area contributed by atoms with E-state index in [9.17, 15) is 9.90 Å². The van der Waals surface area contributed by atoms with Crippen LogP contribution in [0.4, 0.5) is 0 Å². The molecule has 0 aliphatic heterocycles. The largest absolute Gasteiger partial charge is 0.386 e. The minimum Gasteiger partial charge on any atom is -0.386 e. The normalized spacial score (nSPS) is 12.9. The Morgan fingerprint density at radius 2 is 2.18 bits per heavy atom. The summed E-state index contributed by atoms with van der Waals surface area (Å²) in [6.07, 6.45) is -0.750. The van der Waals surface area contributed by atoms with Crippen LogP contribution in [0.1, 0.15) is 19.7 Å². The molecule has 0 aliphatic carbocycles. The van der Waals surface area contributed by atoms with E-state index in [0.29, 0.717) is 0 Å². The lowest BCUT2D eigenvalue weighted by Crippen LogP contribution is -2.20. The summed E-state index contributed by atoms with van der Waals surface area (Å²) in [5.74, 6) is 0.523. The number of ketones is 1. The fraction of sp³-hybridized carbons (Fsp3) is 0.385. The number of nitrogens with zero attached hydrogens (tertiary/aromatic N) is 2. The van der Waals surface area contributed by atoms with E-state index in [1.807, 2.05) is 35.8 Å². The molecule has 0 saturated carbocycles. The van der Waals surface area contributed by atoms with E-state index in [1.165, 1.54) is 6.92 Å². The van der Waals surface area contributed by atoms with Crippen molar-refractivity contribution in [2.45, 2.75) is 32.9 Å². The van der Waals surface area contributed by atoms with Crippen LogP contribution in [0.25, 0.3) is 11.0 Å². The summed E-state index contributed by atoms with van der Waals surface area (Å²) < 4.78 is 2.01. The molecule has 1 heterocycles. The molecule has 4 heteroatoms. The number of rotatable bonds is 4. The third kappa shape index (κ3) is 2.22. The minimum absolute atomic E-state index is 0.181. The SMILES string of the molecule is CCn1c(CC(=O)C(C)O)nc2ccccc21. The van der Waals surface area contributed by atoms with Crippen LogP contribution in [0.15, 0.2) is 24.3 Å². The smallest absolute Gasteiger partial charge is 0.168 e. The zero-order chi connectivity index (χ0) is 12.4. The molecule has 0 spiro atoms. The molecule has 2 rings (SSSR count). The van der Waals surface area contributed by atoms with Crippen LogP contribution in [0.5, 0.6) is 0 Å². The first-order valence-corrected chi connectivity index (χ1v) is 5.78. The highest BCUT2D eigenvalue weighted by Gasteiger charge is 2.15. The maximum atomic E-state index is 11.6. The number of hydrogen-bond donors (Lipinski definition) is 1.